The quantitative estimate of drug-likeness (QED) is 0.874. The van der Waals surface area contributed by atoms with Crippen molar-refractivity contribution in [3.63, 3.8) is 0 Å². The summed E-state index contributed by atoms with van der Waals surface area (Å²) in [6.45, 7) is 4.24. The molecule has 2 aromatic rings. The largest absolute Gasteiger partial charge is 0.302 e. The van der Waals surface area contributed by atoms with Gasteiger partial charge in [-0.3, -0.25) is 0 Å². The molecule has 0 saturated carbocycles. The van der Waals surface area contributed by atoms with Crippen molar-refractivity contribution in [1.82, 2.24) is 5.32 Å². The minimum Gasteiger partial charge on any atom is -0.302 e. The first kappa shape index (κ1) is 14.3. The number of nitriles is 1. The lowest BCUT2D eigenvalue weighted by molar-refractivity contribution is 0.472. The van der Waals surface area contributed by atoms with Gasteiger partial charge in [0.2, 0.25) is 0 Å². The van der Waals surface area contributed by atoms with Gasteiger partial charge >= 0.3 is 0 Å². The lowest BCUT2D eigenvalue weighted by atomic mass is 10.0. The Hall–Kier alpha value is -2.11. The Balaban J connectivity index is 2.14. The zero-order valence-electron chi connectivity index (χ0n) is 12.0. The number of nitrogens with zero attached hydrogens (tertiary/aromatic N) is 1. The minimum atomic E-state index is 0.0664. The van der Waals surface area contributed by atoms with Gasteiger partial charge in [-0.1, -0.05) is 60.2 Å². The summed E-state index contributed by atoms with van der Waals surface area (Å²) in [5, 5.41) is 12.6. The van der Waals surface area contributed by atoms with Gasteiger partial charge in [-0.2, -0.15) is 5.26 Å². The van der Waals surface area contributed by atoms with Crippen molar-refractivity contribution in [3.05, 3.63) is 71.3 Å². The predicted molar refractivity (Wildman–Crippen MR) is 82.1 cm³/mol. The zero-order chi connectivity index (χ0) is 14.4. The highest BCUT2D eigenvalue weighted by Crippen LogP contribution is 2.22. The van der Waals surface area contributed by atoms with Crippen molar-refractivity contribution in [2.24, 2.45) is 0 Å². The predicted octanol–water partition coefficient (Wildman–Crippen LogP) is 4.30. The average molecular weight is 264 g/mol. The Morgan fingerprint density at radius 2 is 1.75 bits per heavy atom. The van der Waals surface area contributed by atoms with Crippen LogP contribution >= 0.6 is 0 Å². The maximum atomic E-state index is 9.04. The van der Waals surface area contributed by atoms with E-state index in [0.717, 1.165) is 5.56 Å². The van der Waals surface area contributed by atoms with E-state index in [4.69, 9.17) is 5.26 Å². The normalized spacial score (nSPS) is 13.4. The molecule has 2 nitrogen and oxygen atoms in total. The highest BCUT2D eigenvalue weighted by molar-refractivity contribution is 5.26. The molecule has 102 valence electrons. The Morgan fingerprint density at radius 3 is 2.40 bits per heavy atom. The van der Waals surface area contributed by atoms with E-state index in [1.165, 1.54) is 11.1 Å². The van der Waals surface area contributed by atoms with Gasteiger partial charge in [-0.05, 0) is 25.0 Å². The summed E-state index contributed by atoms with van der Waals surface area (Å²) < 4.78 is 0. The van der Waals surface area contributed by atoms with Crippen LogP contribution in [0.3, 0.4) is 0 Å². The molecule has 2 aromatic carbocycles. The van der Waals surface area contributed by atoms with E-state index in [1.807, 2.05) is 18.2 Å². The van der Waals surface area contributed by atoms with Crippen LogP contribution in [0.1, 0.15) is 42.1 Å². The first-order valence-electron chi connectivity index (χ1n) is 6.95. The van der Waals surface area contributed by atoms with Crippen LogP contribution in [0.15, 0.2) is 54.6 Å². The lowest BCUT2D eigenvalue weighted by Crippen LogP contribution is -2.24. The van der Waals surface area contributed by atoms with Crippen molar-refractivity contribution >= 4 is 0 Å². The molecule has 0 fully saturated rings. The van der Waals surface area contributed by atoms with Gasteiger partial charge in [-0.15, -0.1) is 0 Å². The Kier molecular flexibility index (Phi) is 4.92. The molecule has 0 saturated heterocycles. The van der Waals surface area contributed by atoms with E-state index >= 15 is 0 Å². The molecule has 0 radical (unpaired) electrons. The molecular formula is C18H20N2. The highest BCUT2D eigenvalue weighted by Gasteiger charge is 2.15. The van der Waals surface area contributed by atoms with Crippen LogP contribution in [-0.4, -0.2) is 0 Å². The maximum Gasteiger partial charge on any atom is 0.0641 e. The SMILES string of the molecule is Cc1cccc([C@H](C)NC(CC#N)c2ccccc2)c1. The maximum absolute atomic E-state index is 9.04. The topological polar surface area (TPSA) is 35.8 Å². The van der Waals surface area contributed by atoms with E-state index in [1.54, 1.807) is 0 Å². The van der Waals surface area contributed by atoms with Crippen LogP contribution in [0.2, 0.25) is 0 Å². The van der Waals surface area contributed by atoms with E-state index < -0.39 is 0 Å². The summed E-state index contributed by atoms with van der Waals surface area (Å²) in [4.78, 5) is 0. The molecule has 1 N–H and O–H groups in total. The number of hydrogen-bond acceptors (Lipinski definition) is 2. The van der Waals surface area contributed by atoms with Gasteiger partial charge in [0, 0.05) is 12.1 Å². The van der Waals surface area contributed by atoms with Crippen LogP contribution in [-0.2, 0) is 0 Å². The third-order valence-electron chi connectivity index (χ3n) is 3.49. The monoisotopic (exact) mass is 264 g/mol. The van der Waals surface area contributed by atoms with Gasteiger partial charge < -0.3 is 5.32 Å². The number of hydrogen-bond donors (Lipinski definition) is 1. The Labute approximate surface area is 121 Å². The van der Waals surface area contributed by atoms with Gasteiger partial charge in [-0.25, -0.2) is 0 Å². The fourth-order valence-corrected chi connectivity index (χ4v) is 2.39. The number of aryl methyl sites for hydroxylation is 1. The molecule has 0 bridgehead atoms. The number of nitrogens with one attached hydrogen (secondary N) is 1. The van der Waals surface area contributed by atoms with Crippen LogP contribution in [0.25, 0.3) is 0 Å². The molecule has 0 aliphatic rings. The molecule has 0 aromatic heterocycles. The second-order valence-corrected chi connectivity index (χ2v) is 5.13. The van der Waals surface area contributed by atoms with E-state index in [0.29, 0.717) is 6.42 Å². The summed E-state index contributed by atoms with van der Waals surface area (Å²) in [6, 6.07) is 21.2. The molecule has 0 amide bonds. The van der Waals surface area contributed by atoms with Gasteiger partial charge in [0.15, 0.2) is 0 Å². The van der Waals surface area contributed by atoms with Crippen molar-refractivity contribution in [3.8, 4) is 6.07 Å². The van der Waals surface area contributed by atoms with Crippen molar-refractivity contribution in [2.75, 3.05) is 0 Å². The summed E-state index contributed by atoms with van der Waals surface area (Å²) in [5.41, 5.74) is 3.67. The first-order chi connectivity index (χ1) is 9.70. The lowest BCUT2D eigenvalue weighted by Gasteiger charge is -2.22. The van der Waals surface area contributed by atoms with Crippen LogP contribution in [0.4, 0.5) is 0 Å². The molecule has 1 unspecified atom stereocenters. The minimum absolute atomic E-state index is 0.0664. The second kappa shape index (κ2) is 6.88. The molecule has 0 aliphatic heterocycles. The van der Waals surface area contributed by atoms with Gasteiger partial charge in [0.25, 0.3) is 0 Å². The standard InChI is InChI=1S/C18H20N2/c1-14-7-6-10-17(13-14)15(2)20-18(11-12-19)16-8-4-3-5-9-16/h3-10,13,15,18,20H,11H2,1-2H3/t15-,18?/m0/s1. The molecule has 20 heavy (non-hydrogen) atoms. The fraction of sp³-hybridized carbons (Fsp3) is 0.278. The third kappa shape index (κ3) is 3.69. The smallest absolute Gasteiger partial charge is 0.0641 e. The third-order valence-corrected chi connectivity index (χ3v) is 3.49. The van der Waals surface area contributed by atoms with Crippen molar-refractivity contribution in [1.29, 1.82) is 5.26 Å². The fourth-order valence-electron chi connectivity index (χ4n) is 2.39. The van der Waals surface area contributed by atoms with Gasteiger partial charge in [0.05, 0.1) is 12.5 Å². The molecule has 2 atom stereocenters. The highest BCUT2D eigenvalue weighted by atomic mass is 14.9. The summed E-state index contributed by atoms with van der Waals surface area (Å²) in [7, 11) is 0. The molecular weight excluding hydrogens is 244 g/mol. The van der Waals surface area contributed by atoms with Gasteiger partial charge in [0.1, 0.15) is 0 Å². The van der Waals surface area contributed by atoms with Crippen LogP contribution in [0, 0.1) is 18.3 Å². The van der Waals surface area contributed by atoms with E-state index in [9.17, 15) is 0 Å². The zero-order valence-corrected chi connectivity index (χ0v) is 12.0. The summed E-state index contributed by atoms with van der Waals surface area (Å²) in [6.07, 6.45) is 0.472. The van der Waals surface area contributed by atoms with Crippen LogP contribution < -0.4 is 5.32 Å². The summed E-state index contributed by atoms with van der Waals surface area (Å²) >= 11 is 0. The Morgan fingerprint density at radius 1 is 1.05 bits per heavy atom. The first-order valence-corrected chi connectivity index (χ1v) is 6.95. The van der Waals surface area contributed by atoms with Crippen molar-refractivity contribution < 1.29 is 0 Å². The van der Waals surface area contributed by atoms with E-state index in [-0.39, 0.29) is 12.1 Å². The van der Waals surface area contributed by atoms with E-state index in [2.05, 4.69) is 61.6 Å². The molecule has 2 heteroatoms. The average Bonchev–Trinajstić information content (AvgIpc) is 2.47. The number of rotatable bonds is 5. The molecule has 2 rings (SSSR count). The molecule has 0 heterocycles. The molecule has 0 spiro atoms. The molecule has 0 aliphatic carbocycles. The van der Waals surface area contributed by atoms with Crippen LogP contribution in [0.5, 0.6) is 0 Å². The Bertz CT molecular complexity index is 584. The summed E-state index contributed by atoms with van der Waals surface area (Å²) in [5.74, 6) is 0. The number of benzene rings is 2. The van der Waals surface area contributed by atoms with Crippen molar-refractivity contribution in [2.45, 2.75) is 32.4 Å². The second-order valence-electron chi connectivity index (χ2n) is 5.13.